The third-order valence-electron chi connectivity index (χ3n) is 9.58. The van der Waals surface area contributed by atoms with Crippen molar-refractivity contribution in [1.82, 2.24) is 25.8 Å². The minimum Gasteiger partial charge on any atom is -0.508 e. The highest BCUT2D eigenvalue weighted by Gasteiger charge is 2.44. The van der Waals surface area contributed by atoms with E-state index in [0.717, 1.165) is 5.56 Å². The number of Topliss-reactive ketones (excluding diaryl/α,β-unsaturated/α-hetero) is 1. The number of carboxylic acid groups (broad SMARTS) is 1. The Morgan fingerprint density at radius 2 is 1.54 bits per heavy atom. The first kappa shape index (κ1) is 42.4. The fraction of sp³-hybridized carbons (Fsp3) is 0.341. The molecule has 0 aliphatic carbocycles. The second-order valence-electron chi connectivity index (χ2n) is 14.3. The molecule has 1 aliphatic heterocycles. The van der Waals surface area contributed by atoms with E-state index in [1.165, 1.54) is 30.2 Å². The number of carbonyl (C=O) groups excluding carboxylic acids is 5. The van der Waals surface area contributed by atoms with Gasteiger partial charge >= 0.3 is 5.97 Å². The van der Waals surface area contributed by atoms with Crippen LogP contribution in [0.5, 0.6) is 5.75 Å². The van der Waals surface area contributed by atoms with Gasteiger partial charge in [0.2, 0.25) is 29.4 Å². The van der Waals surface area contributed by atoms with Gasteiger partial charge in [0.1, 0.15) is 29.9 Å². The molecule has 4 amide bonds. The summed E-state index contributed by atoms with van der Waals surface area (Å²) in [6.45, 7) is 4.84. The highest BCUT2D eigenvalue weighted by molar-refractivity contribution is 6.39. The minimum absolute atomic E-state index is 0.0312. The van der Waals surface area contributed by atoms with E-state index in [2.05, 4.69) is 20.9 Å². The van der Waals surface area contributed by atoms with Gasteiger partial charge in [0.25, 0.3) is 5.89 Å². The molecular weight excluding hydrogens is 777 g/mol. The van der Waals surface area contributed by atoms with Crippen molar-refractivity contribution in [3.05, 3.63) is 106 Å². The maximum Gasteiger partial charge on any atom is 0.305 e. The lowest BCUT2D eigenvalue weighted by molar-refractivity contribution is -0.143. The molecule has 1 aromatic heterocycles. The average Bonchev–Trinajstić information content (AvgIpc) is 3.81. The molecule has 300 valence electrons. The predicted molar refractivity (Wildman–Crippen MR) is 210 cm³/mol. The van der Waals surface area contributed by atoms with Crippen LogP contribution in [0.25, 0.3) is 11.3 Å². The number of phenols is 1. The summed E-state index contributed by atoms with van der Waals surface area (Å²) < 4.78 is 5.67. The number of carbonyl (C=O) groups is 6. The number of nitrogens with one attached hydrogen (secondary N) is 3. The summed E-state index contributed by atoms with van der Waals surface area (Å²) in [7, 11) is 0. The molecule has 1 fully saturated rings. The summed E-state index contributed by atoms with van der Waals surface area (Å²) in [5.74, 6) is -5.88. The number of likely N-dealkylation sites (tertiary alicyclic amines) is 1. The molecule has 1 aliphatic rings. The van der Waals surface area contributed by atoms with Crippen molar-refractivity contribution in [2.45, 2.75) is 70.6 Å². The van der Waals surface area contributed by atoms with Crippen LogP contribution in [0.2, 0.25) is 10.0 Å². The molecule has 0 spiro atoms. The topological polar surface area (TPSA) is 208 Å². The first-order valence-electron chi connectivity index (χ1n) is 18.3. The Hall–Kier alpha value is -5.73. The van der Waals surface area contributed by atoms with E-state index in [0.29, 0.717) is 12.0 Å². The minimum atomic E-state index is -1.63. The SMILES string of the molecule is CC(=O)NC(Cc1ccc(O)cc1)C(=O)NC(C(=O)N1CC(Cc2ccccc2)CC1C(=O)NC(CC(=O)O)C(=O)c1ncc(-c2c(Cl)cccc2Cl)o1)C(C)C. The Bertz CT molecular complexity index is 2090. The first-order valence-corrected chi connectivity index (χ1v) is 19.0. The highest BCUT2D eigenvalue weighted by atomic mass is 35.5. The third-order valence-corrected chi connectivity index (χ3v) is 10.2. The normalized spacial score (nSPS) is 16.7. The van der Waals surface area contributed by atoms with Crippen molar-refractivity contribution in [3.63, 3.8) is 0 Å². The van der Waals surface area contributed by atoms with Crippen molar-refractivity contribution >= 4 is 58.6 Å². The molecule has 5 rings (SSSR count). The summed E-state index contributed by atoms with van der Waals surface area (Å²) in [4.78, 5) is 85.6. The van der Waals surface area contributed by atoms with Gasteiger partial charge in [0.15, 0.2) is 5.76 Å². The van der Waals surface area contributed by atoms with Crippen LogP contribution in [-0.4, -0.2) is 86.2 Å². The Labute approximate surface area is 338 Å². The zero-order valence-electron chi connectivity index (χ0n) is 31.4. The van der Waals surface area contributed by atoms with Gasteiger partial charge in [-0.3, -0.25) is 28.8 Å². The maximum absolute atomic E-state index is 14.5. The lowest BCUT2D eigenvalue weighted by Gasteiger charge is -2.32. The predicted octanol–water partition coefficient (Wildman–Crippen LogP) is 4.84. The number of halogens is 2. The molecule has 1 saturated heterocycles. The standard InChI is InChI=1S/C41H43Cl2N5O9/c1-22(2)36(47-38(54)31(45-23(3)49)17-25-12-14-27(50)15-13-25)41(56)48-21-26(16-24-8-5-4-6-9-24)18-32(48)39(55)46-30(19-34(51)52)37(53)40-44-20-33(57-40)35-28(42)10-7-11-29(35)43/h4-15,20,22,26,30-32,36,50H,16-19,21H2,1-3H3,(H,45,49)(H,46,55)(H,47,54)(H,51,52). The number of aromatic nitrogens is 1. The number of carboxylic acids is 1. The van der Waals surface area contributed by atoms with Crippen LogP contribution in [-0.2, 0) is 36.8 Å². The largest absolute Gasteiger partial charge is 0.508 e. The van der Waals surface area contributed by atoms with E-state index in [1.54, 1.807) is 44.2 Å². The summed E-state index contributed by atoms with van der Waals surface area (Å²) in [6, 6.07) is 15.4. The molecule has 0 saturated carbocycles. The van der Waals surface area contributed by atoms with Gasteiger partial charge in [-0.2, -0.15) is 0 Å². The van der Waals surface area contributed by atoms with Crippen LogP contribution >= 0.6 is 23.2 Å². The highest BCUT2D eigenvalue weighted by Crippen LogP contribution is 2.35. The van der Waals surface area contributed by atoms with Gasteiger partial charge < -0.3 is 35.5 Å². The number of nitrogens with zero attached hydrogens (tertiary/aromatic N) is 2. The number of benzene rings is 3. The smallest absolute Gasteiger partial charge is 0.305 e. The Balaban J connectivity index is 1.40. The number of hydrogen-bond donors (Lipinski definition) is 5. The van der Waals surface area contributed by atoms with Gasteiger partial charge in [-0.15, -0.1) is 0 Å². The van der Waals surface area contributed by atoms with Gasteiger partial charge in [0, 0.05) is 19.9 Å². The van der Waals surface area contributed by atoms with Crippen LogP contribution in [0.1, 0.15) is 55.4 Å². The van der Waals surface area contributed by atoms with E-state index in [1.807, 2.05) is 30.3 Å². The molecule has 4 aromatic rings. The molecular formula is C41H43Cl2N5O9. The lowest BCUT2D eigenvalue weighted by Crippen LogP contribution is -2.59. The van der Waals surface area contributed by atoms with Crippen LogP contribution < -0.4 is 16.0 Å². The monoisotopic (exact) mass is 819 g/mol. The van der Waals surface area contributed by atoms with E-state index >= 15 is 0 Å². The first-order chi connectivity index (χ1) is 27.1. The second-order valence-corrected chi connectivity index (χ2v) is 15.1. The van der Waals surface area contributed by atoms with Crippen LogP contribution in [0.15, 0.2) is 83.4 Å². The number of amides is 4. The van der Waals surface area contributed by atoms with Gasteiger partial charge in [-0.25, -0.2) is 4.98 Å². The fourth-order valence-electron chi connectivity index (χ4n) is 6.82. The molecule has 16 heteroatoms. The quantitative estimate of drug-likeness (QED) is 0.0972. The second kappa shape index (κ2) is 18.9. The number of ketones is 1. The third kappa shape index (κ3) is 11.0. The summed E-state index contributed by atoms with van der Waals surface area (Å²) in [5.41, 5.74) is 1.88. The molecule has 5 atom stereocenters. The van der Waals surface area contributed by atoms with Crippen molar-refractivity contribution < 1.29 is 43.4 Å². The maximum atomic E-state index is 14.5. The molecule has 2 heterocycles. The molecule has 0 radical (unpaired) electrons. The number of oxazole rings is 1. The van der Waals surface area contributed by atoms with Crippen LogP contribution in [0, 0.1) is 11.8 Å². The van der Waals surface area contributed by atoms with Gasteiger partial charge in [0.05, 0.1) is 28.2 Å². The van der Waals surface area contributed by atoms with Crippen molar-refractivity contribution in [2.75, 3.05) is 6.54 Å². The zero-order valence-corrected chi connectivity index (χ0v) is 32.9. The van der Waals surface area contributed by atoms with E-state index in [9.17, 15) is 39.0 Å². The van der Waals surface area contributed by atoms with Crippen molar-refractivity contribution in [3.8, 4) is 17.1 Å². The van der Waals surface area contributed by atoms with Crippen molar-refractivity contribution in [1.29, 1.82) is 0 Å². The van der Waals surface area contributed by atoms with Crippen molar-refractivity contribution in [2.24, 2.45) is 11.8 Å². The summed E-state index contributed by atoms with van der Waals surface area (Å²) in [5, 5.41) is 27.9. The van der Waals surface area contributed by atoms with Crippen LogP contribution in [0.4, 0.5) is 0 Å². The van der Waals surface area contributed by atoms with Gasteiger partial charge in [-0.1, -0.05) is 85.6 Å². The summed E-state index contributed by atoms with van der Waals surface area (Å²) >= 11 is 12.6. The zero-order chi connectivity index (χ0) is 41.4. The summed E-state index contributed by atoms with van der Waals surface area (Å²) in [6.07, 6.45) is 1.13. The lowest BCUT2D eigenvalue weighted by atomic mass is 9.96. The Morgan fingerprint density at radius 3 is 2.16 bits per heavy atom. The van der Waals surface area contributed by atoms with E-state index in [-0.39, 0.29) is 52.4 Å². The number of aromatic hydroxyl groups is 1. The Morgan fingerprint density at radius 1 is 0.877 bits per heavy atom. The van der Waals surface area contributed by atoms with E-state index < -0.39 is 77.8 Å². The Kier molecular flexibility index (Phi) is 14.1. The number of phenolic OH excluding ortho intramolecular Hbond substituents is 1. The van der Waals surface area contributed by atoms with E-state index in [4.69, 9.17) is 27.6 Å². The molecule has 57 heavy (non-hydrogen) atoms. The molecule has 14 nitrogen and oxygen atoms in total. The molecule has 5 unspecified atom stereocenters. The number of rotatable bonds is 16. The fourth-order valence-corrected chi connectivity index (χ4v) is 7.40. The number of hydrogen-bond acceptors (Lipinski definition) is 9. The van der Waals surface area contributed by atoms with Gasteiger partial charge in [-0.05, 0) is 60.1 Å². The van der Waals surface area contributed by atoms with Crippen LogP contribution in [0.3, 0.4) is 0 Å². The molecule has 0 bridgehead atoms. The molecule has 5 N–H and O–H groups in total. The molecule has 3 aromatic carbocycles. The number of aliphatic carboxylic acids is 1. The average molecular weight is 821 g/mol.